The minimum absolute atomic E-state index is 0.398. The number of carbonyl (C=O) groups is 2. The van der Waals surface area contributed by atoms with Crippen molar-refractivity contribution >= 4 is 11.9 Å². The van der Waals surface area contributed by atoms with E-state index in [4.69, 9.17) is 9.47 Å². The van der Waals surface area contributed by atoms with Crippen LogP contribution in [0.5, 0.6) is 0 Å². The highest BCUT2D eigenvalue weighted by Gasteiger charge is 2.20. The van der Waals surface area contributed by atoms with Crippen LogP contribution < -0.4 is 0 Å². The summed E-state index contributed by atoms with van der Waals surface area (Å²) in [7, 11) is 0. The first-order valence-corrected chi connectivity index (χ1v) is 7.14. The van der Waals surface area contributed by atoms with Gasteiger partial charge in [0.2, 0.25) is 0 Å². The lowest BCUT2D eigenvalue weighted by atomic mass is 10.1. The molecule has 0 aliphatic rings. The maximum atomic E-state index is 11.7. The number of ether oxygens (including phenoxy) is 2. The second-order valence-electron chi connectivity index (χ2n) is 7.06. The van der Waals surface area contributed by atoms with Gasteiger partial charge in [-0.1, -0.05) is 13.2 Å². The molecule has 0 aliphatic heterocycles. The standard InChI is InChI=1S/C17H28O4/c1-12(14(18)20-16(3,4)5)10-9-11-13(2)15(19)21-17(6,7)8/h1-2,9-11H2,3-8H3. The Balaban J connectivity index is 4.15. The Morgan fingerprint density at radius 1 is 0.762 bits per heavy atom. The number of carbonyl (C=O) groups excluding carboxylic acids is 2. The molecule has 0 amide bonds. The molecule has 0 rings (SSSR count). The lowest BCUT2D eigenvalue weighted by Crippen LogP contribution is -2.25. The number of rotatable bonds is 6. The van der Waals surface area contributed by atoms with Crippen molar-refractivity contribution in [3.63, 3.8) is 0 Å². The van der Waals surface area contributed by atoms with Gasteiger partial charge in [-0.15, -0.1) is 0 Å². The highest BCUT2D eigenvalue weighted by atomic mass is 16.6. The van der Waals surface area contributed by atoms with Gasteiger partial charge >= 0.3 is 11.9 Å². The van der Waals surface area contributed by atoms with Crippen LogP contribution in [0, 0.1) is 0 Å². The smallest absolute Gasteiger partial charge is 0.333 e. The Kier molecular flexibility index (Phi) is 6.88. The van der Waals surface area contributed by atoms with Crippen molar-refractivity contribution in [2.45, 2.75) is 72.0 Å². The van der Waals surface area contributed by atoms with Crippen LogP contribution in [0.4, 0.5) is 0 Å². The molecule has 4 heteroatoms. The van der Waals surface area contributed by atoms with E-state index < -0.39 is 23.1 Å². The fourth-order valence-electron chi connectivity index (χ4n) is 1.42. The normalized spacial score (nSPS) is 11.7. The molecule has 0 bridgehead atoms. The Morgan fingerprint density at radius 3 is 1.29 bits per heavy atom. The lowest BCUT2D eigenvalue weighted by molar-refractivity contribution is -0.150. The number of esters is 2. The maximum Gasteiger partial charge on any atom is 0.333 e. The second-order valence-corrected chi connectivity index (χ2v) is 7.06. The first-order chi connectivity index (χ1) is 9.32. The SMILES string of the molecule is C=C(CCCC(=C)C(=O)OC(C)(C)C)C(=O)OC(C)(C)C. The van der Waals surface area contributed by atoms with E-state index in [-0.39, 0.29) is 0 Å². The van der Waals surface area contributed by atoms with Gasteiger partial charge in [-0.25, -0.2) is 9.59 Å². The van der Waals surface area contributed by atoms with Crippen LogP contribution in [0.2, 0.25) is 0 Å². The Bertz CT molecular complexity index is 379. The largest absolute Gasteiger partial charge is 0.457 e. The fraction of sp³-hybridized carbons (Fsp3) is 0.647. The van der Waals surface area contributed by atoms with Gasteiger partial charge in [-0.3, -0.25) is 0 Å². The van der Waals surface area contributed by atoms with Gasteiger partial charge in [0.25, 0.3) is 0 Å². The molecule has 4 nitrogen and oxygen atoms in total. The molecule has 0 aromatic heterocycles. The quantitative estimate of drug-likeness (QED) is 0.550. The second kappa shape index (κ2) is 7.43. The van der Waals surface area contributed by atoms with Gasteiger partial charge in [0.1, 0.15) is 11.2 Å². The van der Waals surface area contributed by atoms with Gasteiger partial charge in [-0.2, -0.15) is 0 Å². The molecule has 21 heavy (non-hydrogen) atoms. The third-order valence-corrected chi connectivity index (χ3v) is 2.33. The summed E-state index contributed by atoms with van der Waals surface area (Å²) in [4.78, 5) is 23.4. The molecule has 0 radical (unpaired) electrons. The number of hydrogen-bond acceptors (Lipinski definition) is 4. The number of hydrogen-bond donors (Lipinski definition) is 0. The van der Waals surface area contributed by atoms with E-state index in [2.05, 4.69) is 13.2 Å². The first kappa shape index (κ1) is 19.4. The summed E-state index contributed by atoms with van der Waals surface area (Å²) in [6, 6.07) is 0. The third kappa shape index (κ3) is 9.88. The predicted molar refractivity (Wildman–Crippen MR) is 83.8 cm³/mol. The van der Waals surface area contributed by atoms with Gasteiger partial charge < -0.3 is 9.47 Å². The molecule has 0 unspecified atom stereocenters. The Hall–Kier alpha value is -1.58. The van der Waals surface area contributed by atoms with E-state index in [9.17, 15) is 9.59 Å². The highest BCUT2D eigenvalue weighted by molar-refractivity contribution is 5.89. The van der Waals surface area contributed by atoms with Crippen molar-refractivity contribution in [3.05, 3.63) is 24.3 Å². The summed E-state index contributed by atoms with van der Waals surface area (Å²) in [5.41, 5.74) is -0.246. The predicted octanol–water partition coefficient (Wildman–Crippen LogP) is 3.95. The molecular weight excluding hydrogens is 268 g/mol. The molecule has 0 atom stereocenters. The van der Waals surface area contributed by atoms with Gasteiger partial charge in [0.05, 0.1) is 0 Å². The Labute approximate surface area is 128 Å². The first-order valence-electron chi connectivity index (χ1n) is 7.14. The van der Waals surface area contributed by atoms with E-state index in [0.717, 1.165) is 0 Å². The monoisotopic (exact) mass is 296 g/mol. The highest BCUT2D eigenvalue weighted by Crippen LogP contribution is 2.17. The summed E-state index contributed by atoms with van der Waals surface area (Å²) in [6.45, 7) is 18.3. The van der Waals surface area contributed by atoms with Crippen LogP contribution >= 0.6 is 0 Å². The van der Waals surface area contributed by atoms with Gasteiger partial charge in [0.15, 0.2) is 0 Å². The van der Waals surface area contributed by atoms with Crippen molar-refractivity contribution in [1.29, 1.82) is 0 Å². The fourth-order valence-corrected chi connectivity index (χ4v) is 1.42. The minimum Gasteiger partial charge on any atom is -0.457 e. The molecule has 0 aliphatic carbocycles. The summed E-state index contributed by atoms with van der Waals surface area (Å²) < 4.78 is 10.4. The topological polar surface area (TPSA) is 52.6 Å². The van der Waals surface area contributed by atoms with E-state index in [1.165, 1.54) is 0 Å². The van der Waals surface area contributed by atoms with E-state index in [1.54, 1.807) is 0 Å². The van der Waals surface area contributed by atoms with Crippen LogP contribution in [0.3, 0.4) is 0 Å². The van der Waals surface area contributed by atoms with Crippen LogP contribution in [0.1, 0.15) is 60.8 Å². The zero-order chi connectivity index (χ0) is 16.8. The summed E-state index contributed by atoms with van der Waals surface area (Å²) in [5, 5.41) is 0. The zero-order valence-corrected chi connectivity index (χ0v) is 14.2. The summed E-state index contributed by atoms with van der Waals surface area (Å²) >= 11 is 0. The van der Waals surface area contributed by atoms with Crippen LogP contribution in [0.15, 0.2) is 24.3 Å². The van der Waals surface area contributed by atoms with Crippen molar-refractivity contribution in [3.8, 4) is 0 Å². The van der Waals surface area contributed by atoms with E-state index in [0.29, 0.717) is 30.4 Å². The zero-order valence-electron chi connectivity index (χ0n) is 14.2. The average molecular weight is 296 g/mol. The molecular formula is C17H28O4. The van der Waals surface area contributed by atoms with Crippen LogP contribution in [-0.4, -0.2) is 23.1 Å². The minimum atomic E-state index is -0.528. The lowest BCUT2D eigenvalue weighted by Gasteiger charge is -2.21. The molecule has 120 valence electrons. The van der Waals surface area contributed by atoms with Crippen molar-refractivity contribution in [1.82, 2.24) is 0 Å². The van der Waals surface area contributed by atoms with Crippen molar-refractivity contribution in [2.24, 2.45) is 0 Å². The third-order valence-electron chi connectivity index (χ3n) is 2.33. The van der Waals surface area contributed by atoms with Gasteiger partial charge in [0, 0.05) is 11.1 Å². The molecule has 0 N–H and O–H groups in total. The maximum absolute atomic E-state index is 11.7. The molecule has 0 spiro atoms. The molecule has 0 heterocycles. The van der Waals surface area contributed by atoms with E-state index in [1.807, 2.05) is 41.5 Å². The summed E-state index contributed by atoms with van der Waals surface area (Å²) in [5.74, 6) is -0.796. The molecule has 0 aromatic rings. The van der Waals surface area contributed by atoms with Crippen LogP contribution in [-0.2, 0) is 19.1 Å². The van der Waals surface area contributed by atoms with E-state index >= 15 is 0 Å². The Morgan fingerprint density at radius 2 is 1.05 bits per heavy atom. The van der Waals surface area contributed by atoms with Crippen molar-refractivity contribution < 1.29 is 19.1 Å². The average Bonchev–Trinajstić information content (AvgIpc) is 2.23. The molecule has 0 fully saturated rings. The van der Waals surface area contributed by atoms with Crippen molar-refractivity contribution in [2.75, 3.05) is 0 Å². The molecule has 0 saturated carbocycles. The van der Waals surface area contributed by atoms with Gasteiger partial charge in [-0.05, 0) is 60.8 Å². The van der Waals surface area contributed by atoms with Crippen LogP contribution in [0.25, 0.3) is 0 Å². The molecule has 0 aromatic carbocycles. The molecule has 0 saturated heterocycles. The summed E-state index contributed by atoms with van der Waals surface area (Å²) in [6.07, 6.45) is 1.55.